The minimum absolute atomic E-state index is 0.591. The van der Waals surface area contributed by atoms with Gasteiger partial charge in [-0.1, -0.05) is 20.3 Å². The lowest BCUT2D eigenvalue weighted by molar-refractivity contribution is 0.593. The molecule has 1 atom stereocenters. The highest BCUT2D eigenvalue weighted by molar-refractivity contribution is 5.86. The van der Waals surface area contributed by atoms with Crippen molar-refractivity contribution in [2.75, 3.05) is 24.2 Å². The Bertz CT molecular complexity index is 492. The molecule has 0 radical (unpaired) electrons. The van der Waals surface area contributed by atoms with E-state index in [1.165, 1.54) is 0 Å². The second kappa shape index (κ2) is 4.99. The van der Waals surface area contributed by atoms with Crippen LogP contribution in [0.3, 0.4) is 0 Å². The number of aromatic amines is 1. The van der Waals surface area contributed by atoms with Gasteiger partial charge in [0.25, 0.3) is 0 Å². The molecule has 0 aromatic carbocycles. The fraction of sp³-hybridized carbons (Fsp3) is 0.545. The van der Waals surface area contributed by atoms with Gasteiger partial charge >= 0.3 is 0 Å². The Balaban J connectivity index is 2.27. The quantitative estimate of drug-likeness (QED) is 0.736. The maximum absolute atomic E-state index is 4.40. The summed E-state index contributed by atoms with van der Waals surface area (Å²) in [6, 6.07) is 0. The lowest BCUT2D eigenvalue weighted by Crippen LogP contribution is -2.12. The molecule has 2 aromatic rings. The molecule has 0 aliphatic carbocycles. The van der Waals surface area contributed by atoms with Crippen LogP contribution in [0.2, 0.25) is 0 Å². The van der Waals surface area contributed by atoms with Crippen molar-refractivity contribution in [3.8, 4) is 0 Å². The van der Waals surface area contributed by atoms with E-state index in [0.29, 0.717) is 11.9 Å². The molecule has 92 valence electrons. The molecule has 0 saturated carbocycles. The molecule has 1 unspecified atom stereocenters. The van der Waals surface area contributed by atoms with Gasteiger partial charge in [-0.2, -0.15) is 15.1 Å². The van der Waals surface area contributed by atoms with Crippen LogP contribution in [0.5, 0.6) is 0 Å². The van der Waals surface area contributed by atoms with Gasteiger partial charge < -0.3 is 10.6 Å². The number of H-pyrrole nitrogens is 1. The van der Waals surface area contributed by atoms with Crippen molar-refractivity contribution >= 4 is 22.8 Å². The van der Waals surface area contributed by atoms with Crippen molar-refractivity contribution in [3.63, 3.8) is 0 Å². The monoisotopic (exact) mass is 234 g/mol. The summed E-state index contributed by atoms with van der Waals surface area (Å²) < 4.78 is 0. The molecule has 0 fully saturated rings. The van der Waals surface area contributed by atoms with E-state index in [-0.39, 0.29) is 0 Å². The molecule has 0 bridgehead atoms. The van der Waals surface area contributed by atoms with Crippen molar-refractivity contribution in [1.82, 2.24) is 20.2 Å². The van der Waals surface area contributed by atoms with Crippen molar-refractivity contribution < 1.29 is 0 Å². The van der Waals surface area contributed by atoms with Gasteiger partial charge in [-0.3, -0.25) is 5.10 Å². The summed E-state index contributed by atoms with van der Waals surface area (Å²) in [6.07, 6.45) is 2.89. The molecule has 0 spiro atoms. The highest BCUT2D eigenvalue weighted by Gasteiger charge is 2.09. The van der Waals surface area contributed by atoms with Crippen LogP contribution < -0.4 is 10.6 Å². The highest BCUT2D eigenvalue weighted by atomic mass is 15.2. The summed E-state index contributed by atoms with van der Waals surface area (Å²) in [5.74, 6) is 2.03. The number of fused-ring (bicyclic) bond motifs is 1. The second-order valence-electron chi connectivity index (χ2n) is 4.17. The van der Waals surface area contributed by atoms with Gasteiger partial charge in [0, 0.05) is 13.6 Å². The number of hydrogen-bond donors (Lipinski definition) is 3. The van der Waals surface area contributed by atoms with Gasteiger partial charge in [-0.15, -0.1) is 0 Å². The zero-order valence-corrected chi connectivity index (χ0v) is 10.4. The molecule has 6 nitrogen and oxygen atoms in total. The van der Waals surface area contributed by atoms with Crippen LogP contribution >= 0.6 is 0 Å². The van der Waals surface area contributed by atoms with Crippen LogP contribution in [-0.2, 0) is 0 Å². The SMILES string of the molecule is CCC(C)CNc1nc(NC)nc2[nH]ncc12. The molecule has 17 heavy (non-hydrogen) atoms. The first-order valence-corrected chi connectivity index (χ1v) is 5.87. The second-order valence-corrected chi connectivity index (χ2v) is 4.17. The van der Waals surface area contributed by atoms with E-state index in [9.17, 15) is 0 Å². The van der Waals surface area contributed by atoms with Gasteiger partial charge in [-0.05, 0) is 5.92 Å². The normalized spacial score (nSPS) is 12.6. The van der Waals surface area contributed by atoms with Crippen LogP contribution in [0.15, 0.2) is 6.20 Å². The summed E-state index contributed by atoms with van der Waals surface area (Å²) in [6.45, 7) is 5.29. The maximum atomic E-state index is 4.40. The van der Waals surface area contributed by atoms with E-state index >= 15 is 0 Å². The van der Waals surface area contributed by atoms with Gasteiger partial charge in [0.15, 0.2) is 5.65 Å². The lowest BCUT2D eigenvalue weighted by atomic mass is 10.1. The largest absolute Gasteiger partial charge is 0.369 e. The summed E-state index contributed by atoms with van der Waals surface area (Å²) >= 11 is 0. The lowest BCUT2D eigenvalue weighted by Gasteiger charge is -2.11. The van der Waals surface area contributed by atoms with Crippen LogP contribution in [0.4, 0.5) is 11.8 Å². The number of nitrogens with one attached hydrogen (secondary N) is 3. The number of nitrogens with zero attached hydrogens (tertiary/aromatic N) is 3. The summed E-state index contributed by atoms with van der Waals surface area (Å²) in [7, 11) is 1.80. The van der Waals surface area contributed by atoms with Gasteiger partial charge in [0.1, 0.15) is 5.82 Å². The first-order chi connectivity index (χ1) is 8.24. The van der Waals surface area contributed by atoms with Crippen molar-refractivity contribution in [2.24, 2.45) is 5.92 Å². The average Bonchev–Trinajstić information content (AvgIpc) is 2.83. The standard InChI is InChI=1S/C11H18N6/c1-4-7(2)5-13-9-8-6-14-17-10(8)16-11(12-3)15-9/h6-7H,4-5H2,1-3H3,(H3,12,13,14,15,16,17). The number of hydrogen-bond acceptors (Lipinski definition) is 5. The summed E-state index contributed by atoms with van der Waals surface area (Å²) in [4.78, 5) is 8.69. The minimum Gasteiger partial charge on any atom is -0.369 e. The van der Waals surface area contributed by atoms with E-state index in [4.69, 9.17) is 0 Å². The van der Waals surface area contributed by atoms with Crippen LogP contribution in [0, 0.1) is 5.92 Å². The number of aromatic nitrogens is 4. The molecule has 2 heterocycles. The van der Waals surface area contributed by atoms with E-state index in [1.54, 1.807) is 13.2 Å². The molecule has 0 saturated heterocycles. The molecule has 3 N–H and O–H groups in total. The van der Waals surface area contributed by atoms with Crippen molar-refractivity contribution in [2.45, 2.75) is 20.3 Å². The van der Waals surface area contributed by atoms with Crippen molar-refractivity contribution in [3.05, 3.63) is 6.20 Å². The first kappa shape index (κ1) is 11.6. The molecule has 6 heteroatoms. The first-order valence-electron chi connectivity index (χ1n) is 5.87. The van der Waals surface area contributed by atoms with E-state index in [2.05, 4.69) is 44.6 Å². The molecular weight excluding hydrogens is 216 g/mol. The summed E-state index contributed by atoms with van der Waals surface area (Å²) in [5.41, 5.74) is 0.746. The topological polar surface area (TPSA) is 78.5 Å². The Morgan fingerprint density at radius 2 is 2.24 bits per heavy atom. The van der Waals surface area contributed by atoms with Crippen LogP contribution in [0.1, 0.15) is 20.3 Å². The number of rotatable bonds is 5. The van der Waals surface area contributed by atoms with Gasteiger partial charge in [0.2, 0.25) is 5.95 Å². The fourth-order valence-electron chi connectivity index (χ4n) is 1.50. The summed E-state index contributed by atoms with van der Waals surface area (Å²) in [5, 5.41) is 14.1. The van der Waals surface area contributed by atoms with E-state index in [1.807, 2.05) is 0 Å². The molecule has 2 rings (SSSR count). The van der Waals surface area contributed by atoms with Crippen molar-refractivity contribution in [1.29, 1.82) is 0 Å². The Morgan fingerprint density at radius 3 is 2.94 bits per heavy atom. The third-order valence-electron chi connectivity index (χ3n) is 2.85. The predicted octanol–water partition coefficient (Wildman–Crippen LogP) is 1.85. The highest BCUT2D eigenvalue weighted by Crippen LogP contribution is 2.20. The fourth-order valence-corrected chi connectivity index (χ4v) is 1.50. The third-order valence-corrected chi connectivity index (χ3v) is 2.85. The number of anilines is 2. The average molecular weight is 234 g/mol. The molecular formula is C11H18N6. The molecule has 0 aliphatic rings. The third kappa shape index (κ3) is 2.46. The van der Waals surface area contributed by atoms with E-state index < -0.39 is 0 Å². The zero-order valence-electron chi connectivity index (χ0n) is 10.4. The van der Waals surface area contributed by atoms with Crippen LogP contribution in [-0.4, -0.2) is 33.8 Å². The Kier molecular flexibility index (Phi) is 3.41. The molecule has 2 aromatic heterocycles. The minimum atomic E-state index is 0.591. The predicted molar refractivity (Wildman–Crippen MR) is 69.2 cm³/mol. The molecule has 0 amide bonds. The Labute approximate surface area is 100 Å². The Hall–Kier alpha value is -1.85. The Morgan fingerprint density at radius 1 is 1.41 bits per heavy atom. The van der Waals surface area contributed by atoms with Gasteiger partial charge in [-0.25, -0.2) is 0 Å². The molecule has 0 aliphatic heterocycles. The van der Waals surface area contributed by atoms with Gasteiger partial charge in [0.05, 0.1) is 11.6 Å². The van der Waals surface area contributed by atoms with E-state index in [0.717, 1.165) is 29.8 Å². The van der Waals surface area contributed by atoms with Crippen LogP contribution in [0.25, 0.3) is 11.0 Å². The zero-order chi connectivity index (χ0) is 12.3. The smallest absolute Gasteiger partial charge is 0.226 e. The maximum Gasteiger partial charge on any atom is 0.226 e.